The van der Waals surface area contributed by atoms with Gasteiger partial charge in [0.05, 0.1) is 0 Å². The number of rotatable bonds is 4. The zero-order chi connectivity index (χ0) is 21.4. The van der Waals surface area contributed by atoms with Crippen molar-refractivity contribution in [2.75, 3.05) is 31.2 Å². The maximum absolute atomic E-state index is 12.5. The molecule has 0 bridgehead atoms. The lowest BCUT2D eigenvalue weighted by Gasteiger charge is -2.33. The second-order valence-corrected chi connectivity index (χ2v) is 7.97. The van der Waals surface area contributed by atoms with Gasteiger partial charge in [-0.15, -0.1) is 5.10 Å². The number of hydrogen-bond acceptors (Lipinski definition) is 7. The van der Waals surface area contributed by atoms with E-state index in [1.54, 1.807) is 6.07 Å². The first-order valence-corrected chi connectivity index (χ1v) is 10.8. The first-order valence-electron chi connectivity index (χ1n) is 10.8. The molecule has 5 rings (SSSR count). The molecule has 162 valence electrons. The van der Waals surface area contributed by atoms with Crippen LogP contribution in [0.15, 0.2) is 35.1 Å². The van der Waals surface area contributed by atoms with Gasteiger partial charge in [0.2, 0.25) is 0 Å². The molecular formula is C23H26N4O4. The molecule has 0 atom stereocenters. The fraction of sp³-hybridized carbons (Fsp3) is 0.435. The summed E-state index contributed by atoms with van der Waals surface area (Å²) in [6, 6.07) is 9.24. The zero-order valence-corrected chi connectivity index (χ0v) is 17.8. The van der Waals surface area contributed by atoms with Crippen LogP contribution in [0.2, 0.25) is 0 Å². The molecule has 0 aliphatic carbocycles. The third-order valence-corrected chi connectivity index (χ3v) is 5.79. The summed E-state index contributed by atoms with van der Waals surface area (Å²) in [5.74, 6) is 3.13. The summed E-state index contributed by atoms with van der Waals surface area (Å²) in [6.45, 7) is 6.77. The summed E-state index contributed by atoms with van der Waals surface area (Å²) >= 11 is 0. The fourth-order valence-corrected chi connectivity index (χ4v) is 4.14. The molecule has 4 heterocycles. The minimum Gasteiger partial charge on any atom is -0.490 e. The quantitative estimate of drug-likeness (QED) is 0.640. The topological polar surface area (TPSA) is 78.2 Å². The van der Waals surface area contributed by atoms with E-state index in [0.29, 0.717) is 18.9 Å². The molecule has 1 fully saturated rings. The van der Waals surface area contributed by atoms with Gasteiger partial charge in [-0.1, -0.05) is 6.92 Å². The summed E-state index contributed by atoms with van der Waals surface area (Å²) in [5, 5.41) is 4.63. The van der Waals surface area contributed by atoms with E-state index in [4.69, 9.17) is 14.2 Å². The summed E-state index contributed by atoms with van der Waals surface area (Å²) in [5.41, 5.74) is 2.27. The van der Waals surface area contributed by atoms with Gasteiger partial charge in [-0.05, 0) is 37.1 Å². The van der Waals surface area contributed by atoms with Crippen molar-refractivity contribution in [1.82, 2.24) is 14.6 Å². The van der Waals surface area contributed by atoms with Crippen molar-refractivity contribution in [3.8, 4) is 17.2 Å². The highest BCUT2D eigenvalue weighted by atomic mass is 16.6. The van der Waals surface area contributed by atoms with Gasteiger partial charge in [0.25, 0.3) is 5.56 Å². The van der Waals surface area contributed by atoms with Crippen molar-refractivity contribution >= 4 is 11.5 Å². The Kier molecular flexibility index (Phi) is 5.13. The number of nitrogens with zero attached hydrogens (tertiary/aromatic N) is 4. The smallest absolute Gasteiger partial charge is 0.274 e. The van der Waals surface area contributed by atoms with Crippen LogP contribution in [0.5, 0.6) is 17.2 Å². The van der Waals surface area contributed by atoms with E-state index in [-0.39, 0.29) is 11.7 Å². The molecule has 8 heteroatoms. The molecular weight excluding hydrogens is 396 g/mol. The highest BCUT2D eigenvalue weighted by Crippen LogP contribution is 2.34. The predicted molar refractivity (Wildman–Crippen MR) is 117 cm³/mol. The van der Waals surface area contributed by atoms with Crippen LogP contribution in [-0.4, -0.2) is 47.0 Å². The minimum atomic E-state index is -0.139. The highest BCUT2D eigenvalue weighted by Gasteiger charge is 2.24. The Morgan fingerprint density at radius 1 is 1.10 bits per heavy atom. The molecule has 2 aliphatic heterocycles. The summed E-state index contributed by atoms with van der Waals surface area (Å²) in [4.78, 5) is 19.2. The maximum atomic E-state index is 12.5. The number of ether oxygens (including phenoxy) is 3. The van der Waals surface area contributed by atoms with Gasteiger partial charge in [-0.3, -0.25) is 4.79 Å². The lowest BCUT2D eigenvalue weighted by molar-refractivity contribution is 0.159. The van der Waals surface area contributed by atoms with E-state index >= 15 is 0 Å². The number of piperidine rings is 1. The summed E-state index contributed by atoms with van der Waals surface area (Å²) in [6.07, 6.45) is 2.59. The molecule has 8 nitrogen and oxygen atoms in total. The first kappa shape index (κ1) is 19.7. The maximum Gasteiger partial charge on any atom is 0.274 e. The Bertz CT molecular complexity index is 1170. The molecule has 1 aromatic carbocycles. The Labute approximate surface area is 180 Å². The second-order valence-electron chi connectivity index (χ2n) is 7.97. The van der Waals surface area contributed by atoms with Crippen LogP contribution in [0.3, 0.4) is 0 Å². The number of fused-ring (bicyclic) bond motifs is 2. The van der Waals surface area contributed by atoms with Crippen LogP contribution in [0.1, 0.15) is 31.0 Å². The van der Waals surface area contributed by atoms with E-state index in [1.807, 2.05) is 38.1 Å². The normalized spacial score (nSPS) is 16.5. The van der Waals surface area contributed by atoms with Crippen molar-refractivity contribution in [2.24, 2.45) is 0 Å². The SMILES string of the molecule is CCc1cc(=O)n2nc(N3CCC(Oc4ccc5c(c4)OCCO5)CC3)c(C)cc2n1. The van der Waals surface area contributed by atoms with Crippen LogP contribution in [0.25, 0.3) is 5.65 Å². The van der Waals surface area contributed by atoms with Crippen LogP contribution in [-0.2, 0) is 6.42 Å². The highest BCUT2D eigenvalue weighted by molar-refractivity contribution is 5.53. The molecule has 0 N–H and O–H groups in total. The fourth-order valence-electron chi connectivity index (χ4n) is 4.14. The van der Waals surface area contributed by atoms with E-state index in [9.17, 15) is 4.79 Å². The lowest BCUT2D eigenvalue weighted by Crippen LogP contribution is -2.39. The van der Waals surface area contributed by atoms with E-state index in [0.717, 1.165) is 66.7 Å². The predicted octanol–water partition coefficient (Wildman–Crippen LogP) is 2.78. The monoisotopic (exact) mass is 422 g/mol. The van der Waals surface area contributed by atoms with E-state index in [1.165, 1.54) is 4.52 Å². The van der Waals surface area contributed by atoms with Crippen LogP contribution >= 0.6 is 0 Å². The molecule has 2 aliphatic rings. The molecule has 0 radical (unpaired) electrons. The van der Waals surface area contributed by atoms with Crippen LogP contribution in [0, 0.1) is 6.92 Å². The van der Waals surface area contributed by atoms with Crippen molar-refractivity contribution in [3.05, 3.63) is 51.9 Å². The number of benzene rings is 1. The molecule has 31 heavy (non-hydrogen) atoms. The van der Waals surface area contributed by atoms with Gasteiger partial charge < -0.3 is 19.1 Å². The first-order chi connectivity index (χ1) is 15.1. The molecule has 0 amide bonds. The summed E-state index contributed by atoms with van der Waals surface area (Å²) in [7, 11) is 0. The molecule has 0 saturated carbocycles. The largest absolute Gasteiger partial charge is 0.490 e. The van der Waals surface area contributed by atoms with Gasteiger partial charge in [-0.25, -0.2) is 4.98 Å². The van der Waals surface area contributed by atoms with Crippen LogP contribution < -0.4 is 24.7 Å². The van der Waals surface area contributed by atoms with Crippen molar-refractivity contribution < 1.29 is 14.2 Å². The zero-order valence-electron chi connectivity index (χ0n) is 17.8. The van der Waals surface area contributed by atoms with Crippen LogP contribution in [0.4, 0.5) is 5.82 Å². The summed E-state index contributed by atoms with van der Waals surface area (Å²) < 4.78 is 18.8. The molecule has 3 aromatic rings. The number of hydrogen-bond donors (Lipinski definition) is 0. The molecule has 2 aromatic heterocycles. The number of anilines is 1. The Morgan fingerprint density at radius 3 is 2.65 bits per heavy atom. The Balaban J connectivity index is 1.29. The van der Waals surface area contributed by atoms with Gasteiger partial charge >= 0.3 is 0 Å². The Morgan fingerprint density at radius 2 is 1.87 bits per heavy atom. The van der Waals surface area contributed by atoms with Crippen molar-refractivity contribution in [1.29, 1.82) is 0 Å². The van der Waals surface area contributed by atoms with Gasteiger partial charge in [-0.2, -0.15) is 4.52 Å². The minimum absolute atomic E-state index is 0.121. The van der Waals surface area contributed by atoms with Crippen molar-refractivity contribution in [3.63, 3.8) is 0 Å². The standard InChI is InChI=1S/C23H26N4O4/c1-3-16-13-22(28)27-21(24-16)12-15(2)23(25-27)26-8-6-17(7-9-26)31-18-4-5-19-20(14-18)30-11-10-29-19/h4-5,12-14,17H,3,6-11H2,1-2H3. The second kappa shape index (κ2) is 8.09. The Hall–Kier alpha value is -3.29. The average molecular weight is 422 g/mol. The van der Waals surface area contributed by atoms with Crippen molar-refractivity contribution in [2.45, 2.75) is 39.2 Å². The molecule has 0 unspecified atom stereocenters. The number of aryl methyl sites for hydroxylation is 2. The van der Waals surface area contributed by atoms with E-state index in [2.05, 4.69) is 15.0 Å². The van der Waals surface area contributed by atoms with E-state index < -0.39 is 0 Å². The molecule has 1 saturated heterocycles. The van der Waals surface area contributed by atoms with Gasteiger partial charge in [0.1, 0.15) is 25.1 Å². The van der Waals surface area contributed by atoms with Gasteiger partial charge in [0, 0.05) is 43.8 Å². The van der Waals surface area contributed by atoms with Gasteiger partial charge in [0.15, 0.2) is 23.0 Å². The molecule has 0 spiro atoms. The third-order valence-electron chi connectivity index (χ3n) is 5.79. The average Bonchev–Trinajstić information content (AvgIpc) is 2.79. The number of aromatic nitrogens is 3. The lowest BCUT2D eigenvalue weighted by atomic mass is 10.1. The third kappa shape index (κ3) is 3.89.